The summed E-state index contributed by atoms with van der Waals surface area (Å²) < 4.78 is 5.89. The topological polar surface area (TPSA) is 189 Å². The van der Waals surface area contributed by atoms with E-state index in [1.54, 1.807) is 27.9 Å². The molecule has 2 saturated heterocycles. The summed E-state index contributed by atoms with van der Waals surface area (Å²) in [6, 6.07) is -1.39. The molecule has 3 aliphatic heterocycles. The molecule has 6 atom stereocenters. The van der Waals surface area contributed by atoms with Gasteiger partial charge in [-0.25, -0.2) is 14.3 Å². The number of nitrogens with zero attached hydrogens (tertiary/aromatic N) is 6. The summed E-state index contributed by atoms with van der Waals surface area (Å²) in [6.07, 6.45) is 0.546. The minimum atomic E-state index is -1.19. The maximum atomic E-state index is 13.2. The van der Waals surface area contributed by atoms with E-state index in [4.69, 9.17) is 4.74 Å². The van der Waals surface area contributed by atoms with E-state index in [0.29, 0.717) is 17.9 Å². The lowest BCUT2D eigenvalue weighted by Gasteiger charge is -2.47. The van der Waals surface area contributed by atoms with Crippen LogP contribution in [0.1, 0.15) is 37.8 Å². The van der Waals surface area contributed by atoms with Gasteiger partial charge in [0.2, 0.25) is 17.7 Å². The van der Waals surface area contributed by atoms with E-state index in [2.05, 4.69) is 26.2 Å². The number of ether oxygens (including phenoxy) is 1. The van der Waals surface area contributed by atoms with E-state index in [1.807, 2.05) is 6.92 Å². The second-order valence-corrected chi connectivity index (χ2v) is 11.3. The van der Waals surface area contributed by atoms with Gasteiger partial charge in [-0.2, -0.15) is 0 Å². The van der Waals surface area contributed by atoms with Gasteiger partial charge in [-0.1, -0.05) is 6.92 Å². The molecule has 0 aliphatic carbocycles. The first-order valence-corrected chi connectivity index (χ1v) is 13.5. The van der Waals surface area contributed by atoms with Crippen LogP contribution in [0.15, 0.2) is 10.6 Å². The summed E-state index contributed by atoms with van der Waals surface area (Å²) in [6.45, 7) is 5.48. The minimum Gasteiger partial charge on any atom is -0.477 e. The Hall–Kier alpha value is -3.53. The molecule has 3 N–H and O–H groups in total. The van der Waals surface area contributed by atoms with Crippen LogP contribution in [0.3, 0.4) is 0 Å². The lowest BCUT2D eigenvalue weighted by atomic mass is 9.78. The van der Waals surface area contributed by atoms with Crippen molar-refractivity contribution < 1.29 is 33.8 Å². The average Bonchev–Trinajstić information content (AvgIpc) is 3.57. The number of carbonyl (C=O) groups is 5. The number of hydrogen-bond donors (Lipinski definition) is 3. The van der Waals surface area contributed by atoms with Crippen molar-refractivity contribution in [2.45, 2.75) is 57.1 Å². The number of thioether (sulfide) groups is 1. The summed E-state index contributed by atoms with van der Waals surface area (Å²) in [4.78, 5) is 65.9. The lowest BCUT2D eigenvalue weighted by Crippen LogP contribution is -2.66. The Kier molecular flexibility index (Phi) is 8.25. The maximum absolute atomic E-state index is 13.2. The van der Waals surface area contributed by atoms with Gasteiger partial charge in [0, 0.05) is 42.8 Å². The van der Waals surface area contributed by atoms with Gasteiger partial charge >= 0.3 is 11.9 Å². The van der Waals surface area contributed by atoms with Crippen LogP contribution < -0.4 is 10.6 Å². The Morgan fingerprint density at radius 3 is 2.67 bits per heavy atom. The van der Waals surface area contributed by atoms with Crippen molar-refractivity contribution in [3.8, 4) is 0 Å². The molecule has 39 heavy (non-hydrogen) atoms. The highest BCUT2D eigenvalue weighted by molar-refractivity contribution is 8.03. The fourth-order valence-electron chi connectivity index (χ4n) is 5.35. The molecular formula is C23H32N8O7S. The molecule has 0 aromatic carbocycles. The molecule has 4 heterocycles. The number of carboxylic acid groups (broad SMARTS) is 1. The van der Waals surface area contributed by atoms with Gasteiger partial charge in [-0.15, -0.1) is 16.9 Å². The van der Waals surface area contributed by atoms with Gasteiger partial charge in [0.25, 0.3) is 5.82 Å². The molecule has 212 valence electrons. The first kappa shape index (κ1) is 28.5. The zero-order chi connectivity index (χ0) is 28.6. The summed E-state index contributed by atoms with van der Waals surface area (Å²) in [5.74, 6) is -4.03. The van der Waals surface area contributed by atoms with Crippen LogP contribution in [0.4, 0.5) is 0 Å². The fraction of sp³-hybridized carbons (Fsp3) is 0.652. The molecule has 1 unspecified atom stereocenters. The standard InChI is InChI=1S/C23H32N8O7S/c1-6-38-23(37)19-26-27-28-30(19)9-14(32)25-11(3)15-16-10(2)18(17(22(35)36)31(16)21(15)34)39-12-7-13(24-8-12)20(33)29(4)5/h10-13,15-16,24H,6-9H2,1-5H3,(H,25,32)(H,35,36)/t10-,11-,12?,13+,15-,16-/m1/s1. The predicted molar refractivity (Wildman–Crippen MR) is 136 cm³/mol. The smallest absolute Gasteiger partial charge is 0.378 e. The van der Waals surface area contributed by atoms with Crippen LogP contribution in [0.25, 0.3) is 0 Å². The first-order chi connectivity index (χ1) is 18.5. The molecule has 0 bridgehead atoms. The number of fused-ring (bicyclic) bond motifs is 1. The molecule has 16 heteroatoms. The molecule has 15 nitrogen and oxygen atoms in total. The normalized spacial score (nSPS) is 26.6. The number of hydrogen-bond acceptors (Lipinski definition) is 11. The van der Waals surface area contributed by atoms with Crippen molar-refractivity contribution >= 4 is 41.4 Å². The molecule has 3 amide bonds. The molecule has 1 aromatic heterocycles. The Morgan fingerprint density at radius 1 is 1.31 bits per heavy atom. The number of aliphatic carboxylic acids is 1. The van der Waals surface area contributed by atoms with Crippen molar-refractivity contribution in [1.29, 1.82) is 0 Å². The number of carboxylic acids is 1. The summed E-state index contributed by atoms with van der Waals surface area (Å²) >= 11 is 1.40. The molecule has 1 aromatic rings. The number of carbonyl (C=O) groups excluding carboxylic acids is 4. The third-order valence-corrected chi connectivity index (χ3v) is 8.64. The zero-order valence-corrected chi connectivity index (χ0v) is 23.1. The van der Waals surface area contributed by atoms with Crippen molar-refractivity contribution in [1.82, 2.24) is 40.6 Å². The number of amides is 3. The van der Waals surface area contributed by atoms with E-state index < -0.39 is 35.8 Å². The van der Waals surface area contributed by atoms with Crippen molar-refractivity contribution in [3.05, 3.63) is 16.4 Å². The van der Waals surface area contributed by atoms with Gasteiger partial charge in [0.05, 0.1) is 24.6 Å². The Morgan fingerprint density at radius 2 is 2.03 bits per heavy atom. The molecule has 3 aliphatic rings. The highest BCUT2D eigenvalue weighted by atomic mass is 32.2. The number of likely N-dealkylation sites (N-methyl/N-ethyl adjacent to an activating group) is 1. The maximum Gasteiger partial charge on any atom is 0.378 e. The van der Waals surface area contributed by atoms with Gasteiger partial charge in [0.15, 0.2) is 0 Å². The Bertz CT molecular complexity index is 1220. The highest BCUT2D eigenvalue weighted by Gasteiger charge is 2.60. The van der Waals surface area contributed by atoms with Gasteiger partial charge in [-0.05, 0) is 30.7 Å². The number of β-lactam (4-membered cyclic amide) rings is 1. The average molecular weight is 565 g/mol. The van der Waals surface area contributed by atoms with E-state index in [0.717, 1.165) is 4.68 Å². The van der Waals surface area contributed by atoms with E-state index >= 15 is 0 Å². The second-order valence-electron chi connectivity index (χ2n) is 9.94. The number of aromatic nitrogens is 4. The minimum absolute atomic E-state index is 0.0278. The van der Waals surface area contributed by atoms with Gasteiger partial charge in [-0.3, -0.25) is 14.4 Å². The van der Waals surface area contributed by atoms with Crippen molar-refractivity contribution in [3.63, 3.8) is 0 Å². The van der Waals surface area contributed by atoms with Crippen LogP contribution in [0.5, 0.6) is 0 Å². The SMILES string of the molecule is CCOC(=O)c1nnnn1CC(=O)N[C@H](C)[C@H]1C(=O)N2C(C(=O)O)=C(SC3CN[C@H](C(=O)N(C)C)C3)[C@H](C)[C@H]12. The summed E-state index contributed by atoms with van der Waals surface area (Å²) in [7, 11) is 3.38. The first-order valence-electron chi connectivity index (χ1n) is 12.6. The molecule has 4 rings (SSSR count). The number of esters is 1. The lowest BCUT2D eigenvalue weighted by molar-refractivity contribution is -0.158. The van der Waals surface area contributed by atoms with Crippen LogP contribution in [-0.4, -0.2) is 115 Å². The number of nitrogens with one attached hydrogen (secondary N) is 2. The predicted octanol–water partition coefficient (Wildman–Crippen LogP) is -1.32. The quantitative estimate of drug-likeness (QED) is 0.225. The van der Waals surface area contributed by atoms with Crippen LogP contribution >= 0.6 is 11.8 Å². The highest BCUT2D eigenvalue weighted by Crippen LogP contribution is 2.51. The monoisotopic (exact) mass is 564 g/mol. The van der Waals surface area contributed by atoms with Crippen LogP contribution in [-0.2, 0) is 30.5 Å². The molecular weight excluding hydrogens is 532 g/mol. The van der Waals surface area contributed by atoms with E-state index in [9.17, 15) is 29.1 Å². The second kappa shape index (κ2) is 11.3. The van der Waals surface area contributed by atoms with Gasteiger partial charge in [0.1, 0.15) is 12.2 Å². The summed E-state index contributed by atoms with van der Waals surface area (Å²) in [5.41, 5.74) is -0.0348. The van der Waals surface area contributed by atoms with E-state index in [-0.39, 0.29) is 53.7 Å². The third kappa shape index (κ3) is 5.34. The van der Waals surface area contributed by atoms with Crippen molar-refractivity contribution in [2.24, 2.45) is 11.8 Å². The Balaban J connectivity index is 1.42. The van der Waals surface area contributed by atoms with Crippen molar-refractivity contribution in [2.75, 3.05) is 27.2 Å². The Labute approximate surface area is 228 Å². The van der Waals surface area contributed by atoms with Crippen LogP contribution in [0, 0.1) is 11.8 Å². The van der Waals surface area contributed by atoms with Crippen LogP contribution in [0.2, 0.25) is 0 Å². The fourth-order valence-corrected chi connectivity index (χ4v) is 6.83. The van der Waals surface area contributed by atoms with E-state index in [1.165, 1.54) is 21.6 Å². The third-order valence-electron chi connectivity index (χ3n) is 7.13. The molecule has 0 spiro atoms. The number of tetrazole rings is 1. The zero-order valence-electron chi connectivity index (χ0n) is 22.3. The molecule has 2 fully saturated rings. The summed E-state index contributed by atoms with van der Waals surface area (Å²) in [5, 5.41) is 26.6. The number of rotatable bonds is 10. The molecule has 0 saturated carbocycles. The molecule has 0 radical (unpaired) electrons. The van der Waals surface area contributed by atoms with Gasteiger partial charge < -0.3 is 30.3 Å². The largest absolute Gasteiger partial charge is 0.477 e.